The number of oxazole rings is 1. The SMILES string of the molecule is CC(C)c1cc(C(C)(C)C(F)(F)F)cc(C(C)C)c1-c1cccc(-n2c(-c3[c-]cccc3)nc3nc(-c4ccccc4)oc32)c1.[Ir]. The fourth-order valence-corrected chi connectivity index (χ4v) is 5.68. The Morgan fingerprint density at radius 3 is 1.98 bits per heavy atom. The second kappa shape index (κ2) is 12.7. The number of benzene rings is 4. The van der Waals surface area contributed by atoms with Crippen LogP contribution in [0, 0.1) is 6.07 Å². The van der Waals surface area contributed by atoms with Crippen LogP contribution in [0.25, 0.3) is 51.0 Å². The first kappa shape index (κ1) is 33.4. The van der Waals surface area contributed by atoms with E-state index in [0.717, 1.165) is 39.1 Å². The van der Waals surface area contributed by atoms with Crippen molar-refractivity contribution in [2.75, 3.05) is 0 Å². The van der Waals surface area contributed by atoms with E-state index in [0.29, 0.717) is 23.1 Å². The Morgan fingerprint density at radius 1 is 0.761 bits per heavy atom. The maximum Gasteiger partial charge on any atom is 0.397 e. The van der Waals surface area contributed by atoms with Gasteiger partial charge in [-0.15, -0.1) is 35.9 Å². The molecule has 0 atom stereocenters. The van der Waals surface area contributed by atoms with Gasteiger partial charge in [-0.1, -0.05) is 70.2 Å². The maximum atomic E-state index is 14.2. The molecular formula is C38H35F3IrN3O-. The summed E-state index contributed by atoms with van der Waals surface area (Å²) in [4.78, 5) is 9.60. The molecule has 2 heterocycles. The van der Waals surface area contributed by atoms with Gasteiger partial charge in [0.1, 0.15) is 0 Å². The second-order valence-corrected chi connectivity index (χ2v) is 12.6. The van der Waals surface area contributed by atoms with E-state index in [1.807, 2.05) is 105 Å². The third-order valence-corrected chi connectivity index (χ3v) is 8.46. The minimum absolute atomic E-state index is 0. The van der Waals surface area contributed by atoms with Gasteiger partial charge >= 0.3 is 6.18 Å². The Bertz CT molecular complexity index is 1940. The first-order chi connectivity index (χ1) is 21.4. The average molecular weight is 799 g/mol. The molecule has 0 aliphatic rings. The Morgan fingerprint density at radius 2 is 1.39 bits per heavy atom. The third kappa shape index (κ3) is 5.96. The van der Waals surface area contributed by atoms with Crippen molar-refractivity contribution in [2.45, 2.75) is 65.0 Å². The van der Waals surface area contributed by atoms with Gasteiger partial charge in [0.2, 0.25) is 17.3 Å². The maximum absolute atomic E-state index is 14.2. The smallest absolute Gasteiger partial charge is 0.397 e. The molecule has 2 aromatic heterocycles. The number of rotatable bonds is 7. The molecule has 0 fully saturated rings. The van der Waals surface area contributed by atoms with Crippen molar-refractivity contribution in [1.82, 2.24) is 14.5 Å². The molecule has 0 unspecified atom stereocenters. The largest absolute Gasteiger partial charge is 0.418 e. The van der Waals surface area contributed by atoms with Crippen molar-refractivity contribution in [1.29, 1.82) is 0 Å². The molecule has 0 aliphatic carbocycles. The number of aromatic nitrogens is 3. The van der Waals surface area contributed by atoms with Crippen LogP contribution in [-0.4, -0.2) is 20.7 Å². The fourth-order valence-electron chi connectivity index (χ4n) is 5.68. The van der Waals surface area contributed by atoms with E-state index >= 15 is 0 Å². The molecule has 0 saturated heterocycles. The van der Waals surface area contributed by atoms with Crippen LogP contribution >= 0.6 is 0 Å². The van der Waals surface area contributed by atoms with Gasteiger partial charge in [0.15, 0.2) is 0 Å². The summed E-state index contributed by atoms with van der Waals surface area (Å²) in [5, 5.41) is 0. The van der Waals surface area contributed by atoms with Crippen LogP contribution in [-0.2, 0) is 25.5 Å². The van der Waals surface area contributed by atoms with Crippen molar-refractivity contribution in [2.24, 2.45) is 0 Å². The van der Waals surface area contributed by atoms with Crippen LogP contribution in [0.3, 0.4) is 0 Å². The van der Waals surface area contributed by atoms with Crippen LogP contribution in [0.1, 0.15) is 70.1 Å². The van der Waals surface area contributed by atoms with Crippen molar-refractivity contribution in [3.8, 4) is 39.7 Å². The molecule has 1 radical (unpaired) electrons. The summed E-state index contributed by atoms with van der Waals surface area (Å²) in [6.45, 7) is 10.6. The molecular weight excluding hydrogens is 764 g/mol. The summed E-state index contributed by atoms with van der Waals surface area (Å²) >= 11 is 0. The van der Waals surface area contributed by atoms with E-state index in [-0.39, 0.29) is 37.5 Å². The topological polar surface area (TPSA) is 43.9 Å². The van der Waals surface area contributed by atoms with E-state index in [1.165, 1.54) is 13.8 Å². The van der Waals surface area contributed by atoms with E-state index in [2.05, 4.69) is 12.1 Å². The molecule has 8 heteroatoms. The quantitative estimate of drug-likeness (QED) is 0.151. The first-order valence-corrected chi connectivity index (χ1v) is 15.1. The number of hydrogen-bond donors (Lipinski definition) is 0. The Balaban J connectivity index is 0.00000417. The summed E-state index contributed by atoms with van der Waals surface area (Å²) in [5.74, 6) is 1.07. The van der Waals surface area contributed by atoms with E-state index in [1.54, 1.807) is 12.1 Å². The van der Waals surface area contributed by atoms with E-state index in [9.17, 15) is 13.2 Å². The van der Waals surface area contributed by atoms with Gasteiger partial charge in [-0.2, -0.15) is 18.2 Å². The third-order valence-electron chi connectivity index (χ3n) is 8.46. The van der Waals surface area contributed by atoms with Crippen LogP contribution < -0.4 is 0 Å². The Hall–Kier alpha value is -4.00. The Labute approximate surface area is 281 Å². The molecule has 0 saturated carbocycles. The molecule has 46 heavy (non-hydrogen) atoms. The number of fused-ring (bicyclic) bond motifs is 1. The van der Waals surface area contributed by atoms with Crippen LogP contribution in [0.5, 0.6) is 0 Å². The average Bonchev–Trinajstić information content (AvgIpc) is 3.59. The summed E-state index contributed by atoms with van der Waals surface area (Å²) in [7, 11) is 0. The molecule has 4 aromatic carbocycles. The van der Waals surface area contributed by atoms with E-state index in [4.69, 9.17) is 14.4 Å². The van der Waals surface area contributed by atoms with Crippen LogP contribution in [0.15, 0.2) is 95.4 Å². The van der Waals surface area contributed by atoms with Gasteiger partial charge in [-0.05, 0) is 77.8 Å². The number of nitrogens with zero attached hydrogens (tertiary/aromatic N) is 3. The molecule has 6 rings (SSSR count). The minimum Gasteiger partial charge on any atom is -0.418 e. The standard InChI is InChI=1S/C38H35F3N3O.Ir/c1-23(2)30-21-28(37(5,6)38(39,40)41)22-31(24(3)4)32(30)27-18-13-19-29(20-27)44-34(25-14-9-7-10-15-25)42-33-36(44)45-35(43-33)26-16-11-8-12-17-26;/h7-14,16-24H,1-6H3;/q-1;. The number of halogens is 3. The van der Waals surface area contributed by atoms with Crippen molar-refractivity contribution >= 4 is 11.4 Å². The predicted octanol–water partition coefficient (Wildman–Crippen LogP) is 10.9. The first-order valence-electron chi connectivity index (χ1n) is 15.1. The van der Waals surface area contributed by atoms with Crippen molar-refractivity contribution in [3.63, 3.8) is 0 Å². The summed E-state index contributed by atoms with van der Waals surface area (Å²) in [6.07, 6.45) is -4.38. The number of imidazole rings is 1. The van der Waals surface area contributed by atoms with Gasteiger partial charge in [0, 0.05) is 31.4 Å². The van der Waals surface area contributed by atoms with Gasteiger partial charge in [0.25, 0.3) is 0 Å². The molecule has 0 N–H and O–H groups in total. The number of alkyl halides is 3. The Kier molecular flexibility index (Phi) is 9.18. The van der Waals surface area contributed by atoms with Gasteiger partial charge in [-0.3, -0.25) is 4.98 Å². The summed E-state index contributed by atoms with van der Waals surface area (Å²) in [6, 6.07) is 32.1. The summed E-state index contributed by atoms with van der Waals surface area (Å²) in [5.41, 5.74) is 5.28. The molecule has 239 valence electrons. The van der Waals surface area contributed by atoms with Crippen LogP contribution in [0.2, 0.25) is 0 Å². The van der Waals surface area contributed by atoms with Crippen LogP contribution in [0.4, 0.5) is 13.2 Å². The van der Waals surface area contributed by atoms with E-state index < -0.39 is 11.6 Å². The molecule has 0 amide bonds. The van der Waals surface area contributed by atoms with Gasteiger partial charge < -0.3 is 8.98 Å². The van der Waals surface area contributed by atoms with Crippen molar-refractivity contribution in [3.05, 3.63) is 114 Å². The molecule has 6 aromatic rings. The zero-order valence-electron chi connectivity index (χ0n) is 26.5. The molecule has 0 bridgehead atoms. The molecule has 0 aliphatic heterocycles. The molecule has 0 spiro atoms. The van der Waals surface area contributed by atoms with Crippen molar-refractivity contribution < 1.29 is 37.7 Å². The van der Waals surface area contributed by atoms with Gasteiger partial charge in [-0.25, -0.2) is 0 Å². The predicted molar refractivity (Wildman–Crippen MR) is 174 cm³/mol. The second-order valence-electron chi connectivity index (χ2n) is 12.6. The molecule has 4 nitrogen and oxygen atoms in total. The van der Waals surface area contributed by atoms with Gasteiger partial charge in [0.05, 0.1) is 11.2 Å². The minimum atomic E-state index is -4.38. The summed E-state index contributed by atoms with van der Waals surface area (Å²) < 4.78 is 50.9. The number of hydrogen-bond acceptors (Lipinski definition) is 3. The zero-order chi connectivity index (χ0) is 32.1. The fraction of sp³-hybridized carbons (Fsp3) is 0.263. The zero-order valence-corrected chi connectivity index (χ0v) is 28.9. The monoisotopic (exact) mass is 799 g/mol. The normalized spacial score (nSPS) is 12.2.